The molecule has 3 nitrogen and oxygen atoms in total. The van der Waals surface area contributed by atoms with Gasteiger partial charge in [0.15, 0.2) is 0 Å². The zero-order chi connectivity index (χ0) is 11.4. The summed E-state index contributed by atoms with van der Waals surface area (Å²) in [7, 11) is 0. The lowest BCUT2D eigenvalue weighted by Crippen LogP contribution is -2.00. The van der Waals surface area contributed by atoms with Gasteiger partial charge in [0.25, 0.3) is 0 Å². The number of furan rings is 1. The predicted octanol–water partition coefficient (Wildman–Crippen LogP) is 2.69. The minimum absolute atomic E-state index is 0.0652. The maximum absolute atomic E-state index is 9.06. The molecule has 0 aliphatic heterocycles. The van der Waals surface area contributed by atoms with Crippen molar-refractivity contribution in [1.29, 1.82) is 0 Å². The van der Waals surface area contributed by atoms with Crippen LogP contribution in [0, 0.1) is 6.92 Å². The van der Waals surface area contributed by atoms with Gasteiger partial charge >= 0.3 is 0 Å². The Morgan fingerprint density at radius 2 is 2.19 bits per heavy atom. The molecule has 0 aliphatic carbocycles. The summed E-state index contributed by atoms with van der Waals surface area (Å²) in [5.74, 6) is 0.897. The van der Waals surface area contributed by atoms with E-state index in [4.69, 9.17) is 9.52 Å². The van der Waals surface area contributed by atoms with Crippen LogP contribution >= 0.6 is 0 Å². The molecule has 1 aromatic heterocycles. The molecule has 16 heavy (non-hydrogen) atoms. The Morgan fingerprint density at radius 1 is 1.31 bits per heavy atom. The quantitative estimate of drug-likeness (QED) is 0.827. The zero-order valence-corrected chi connectivity index (χ0v) is 9.23. The highest BCUT2D eigenvalue weighted by atomic mass is 16.3. The Kier molecular flexibility index (Phi) is 3.27. The number of aliphatic hydroxyl groups excluding tert-OH is 1. The SMILES string of the molecule is Cc1ccc(CO)cc1NCc1ccco1. The highest BCUT2D eigenvalue weighted by molar-refractivity contribution is 5.52. The molecule has 0 saturated heterocycles. The van der Waals surface area contributed by atoms with E-state index in [0.29, 0.717) is 6.54 Å². The fourth-order valence-electron chi connectivity index (χ4n) is 1.55. The number of hydrogen-bond acceptors (Lipinski definition) is 3. The van der Waals surface area contributed by atoms with Crippen LogP contribution in [0.1, 0.15) is 16.9 Å². The van der Waals surface area contributed by atoms with Crippen molar-refractivity contribution in [3.63, 3.8) is 0 Å². The van der Waals surface area contributed by atoms with Crippen LogP contribution in [0.3, 0.4) is 0 Å². The highest BCUT2D eigenvalue weighted by Gasteiger charge is 2.01. The van der Waals surface area contributed by atoms with Crippen molar-refractivity contribution in [3.8, 4) is 0 Å². The topological polar surface area (TPSA) is 45.4 Å². The molecule has 0 radical (unpaired) electrons. The van der Waals surface area contributed by atoms with Gasteiger partial charge in [-0.25, -0.2) is 0 Å². The van der Waals surface area contributed by atoms with E-state index in [1.165, 1.54) is 0 Å². The Bertz CT molecular complexity index is 449. The van der Waals surface area contributed by atoms with Crippen molar-refractivity contribution in [2.45, 2.75) is 20.1 Å². The molecule has 0 fully saturated rings. The number of hydrogen-bond donors (Lipinski definition) is 2. The monoisotopic (exact) mass is 217 g/mol. The van der Waals surface area contributed by atoms with Crippen LogP contribution in [0.2, 0.25) is 0 Å². The highest BCUT2D eigenvalue weighted by Crippen LogP contribution is 2.18. The maximum atomic E-state index is 9.06. The smallest absolute Gasteiger partial charge is 0.122 e. The lowest BCUT2D eigenvalue weighted by molar-refractivity contribution is 0.282. The van der Waals surface area contributed by atoms with Gasteiger partial charge in [0.1, 0.15) is 5.76 Å². The summed E-state index contributed by atoms with van der Waals surface area (Å²) >= 11 is 0. The Labute approximate surface area is 94.7 Å². The van der Waals surface area contributed by atoms with Gasteiger partial charge in [0.05, 0.1) is 19.4 Å². The second-order valence-electron chi connectivity index (χ2n) is 3.74. The van der Waals surface area contributed by atoms with E-state index in [0.717, 1.165) is 22.6 Å². The van der Waals surface area contributed by atoms with Gasteiger partial charge < -0.3 is 14.8 Å². The summed E-state index contributed by atoms with van der Waals surface area (Å²) in [6.07, 6.45) is 1.66. The van der Waals surface area contributed by atoms with Crippen LogP contribution in [0.25, 0.3) is 0 Å². The zero-order valence-electron chi connectivity index (χ0n) is 9.23. The van der Waals surface area contributed by atoms with Crippen molar-refractivity contribution in [3.05, 3.63) is 53.5 Å². The molecule has 0 bridgehead atoms. The van der Waals surface area contributed by atoms with Crippen molar-refractivity contribution >= 4 is 5.69 Å². The summed E-state index contributed by atoms with van der Waals surface area (Å²) in [5.41, 5.74) is 3.10. The van der Waals surface area contributed by atoms with E-state index in [2.05, 4.69) is 5.32 Å². The minimum Gasteiger partial charge on any atom is -0.467 e. The van der Waals surface area contributed by atoms with Crippen LogP contribution in [-0.4, -0.2) is 5.11 Å². The molecule has 0 amide bonds. The van der Waals surface area contributed by atoms with Crippen LogP contribution < -0.4 is 5.32 Å². The second-order valence-corrected chi connectivity index (χ2v) is 3.74. The number of rotatable bonds is 4. The van der Waals surface area contributed by atoms with Gasteiger partial charge in [-0.1, -0.05) is 12.1 Å². The third-order valence-electron chi connectivity index (χ3n) is 2.52. The first kappa shape index (κ1) is 10.8. The molecule has 2 aromatic rings. The summed E-state index contributed by atoms with van der Waals surface area (Å²) in [5, 5.41) is 12.3. The largest absolute Gasteiger partial charge is 0.467 e. The fourth-order valence-corrected chi connectivity index (χ4v) is 1.55. The first-order valence-electron chi connectivity index (χ1n) is 5.26. The van der Waals surface area contributed by atoms with Gasteiger partial charge in [-0.15, -0.1) is 0 Å². The Morgan fingerprint density at radius 3 is 2.88 bits per heavy atom. The molecule has 3 heteroatoms. The third-order valence-corrected chi connectivity index (χ3v) is 2.52. The van der Waals surface area contributed by atoms with Crippen LogP contribution in [0.15, 0.2) is 41.0 Å². The number of nitrogens with one attached hydrogen (secondary N) is 1. The summed E-state index contributed by atoms with van der Waals surface area (Å²) in [4.78, 5) is 0. The number of aliphatic hydroxyl groups is 1. The molecular weight excluding hydrogens is 202 g/mol. The van der Waals surface area contributed by atoms with Crippen LogP contribution in [0.4, 0.5) is 5.69 Å². The van der Waals surface area contributed by atoms with E-state index in [1.54, 1.807) is 6.26 Å². The minimum atomic E-state index is 0.0652. The van der Waals surface area contributed by atoms with E-state index in [-0.39, 0.29) is 6.61 Å². The van der Waals surface area contributed by atoms with Gasteiger partial charge in [0, 0.05) is 5.69 Å². The molecule has 0 atom stereocenters. The molecule has 2 N–H and O–H groups in total. The van der Waals surface area contributed by atoms with Gasteiger partial charge in [0.2, 0.25) is 0 Å². The van der Waals surface area contributed by atoms with E-state index >= 15 is 0 Å². The molecule has 2 rings (SSSR count). The molecule has 84 valence electrons. The molecule has 0 unspecified atom stereocenters. The molecule has 0 saturated carbocycles. The first-order chi connectivity index (χ1) is 7.79. The average molecular weight is 217 g/mol. The lowest BCUT2D eigenvalue weighted by Gasteiger charge is -2.09. The lowest BCUT2D eigenvalue weighted by atomic mass is 10.1. The van der Waals surface area contributed by atoms with Crippen molar-refractivity contribution in [1.82, 2.24) is 0 Å². The Balaban J connectivity index is 2.08. The van der Waals surface area contributed by atoms with E-state index in [1.807, 2.05) is 37.3 Å². The molecule has 0 aliphatic rings. The van der Waals surface area contributed by atoms with Crippen molar-refractivity contribution < 1.29 is 9.52 Å². The number of anilines is 1. The third kappa shape index (κ3) is 2.44. The van der Waals surface area contributed by atoms with Crippen LogP contribution in [0.5, 0.6) is 0 Å². The number of aryl methyl sites for hydroxylation is 1. The van der Waals surface area contributed by atoms with Gasteiger partial charge in [-0.05, 0) is 36.2 Å². The molecule has 1 heterocycles. The first-order valence-corrected chi connectivity index (χ1v) is 5.26. The average Bonchev–Trinajstić information content (AvgIpc) is 2.81. The van der Waals surface area contributed by atoms with E-state index < -0.39 is 0 Å². The molecule has 0 spiro atoms. The summed E-state index contributed by atoms with van der Waals surface area (Å²) in [6, 6.07) is 9.67. The van der Waals surface area contributed by atoms with E-state index in [9.17, 15) is 0 Å². The number of benzene rings is 1. The normalized spacial score (nSPS) is 10.4. The van der Waals surface area contributed by atoms with Crippen molar-refractivity contribution in [2.24, 2.45) is 0 Å². The molecular formula is C13H15NO2. The van der Waals surface area contributed by atoms with Crippen LogP contribution in [-0.2, 0) is 13.2 Å². The van der Waals surface area contributed by atoms with Gasteiger partial charge in [-0.2, -0.15) is 0 Å². The second kappa shape index (κ2) is 4.86. The molecule has 1 aromatic carbocycles. The standard InChI is InChI=1S/C13H15NO2/c1-10-4-5-11(9-15)7-13(10)14-8-12-3-2-6-16-12/h2-7,14-15H,8-9H2,1H3. The van der Waals surface area contributed by atoms with Crippen molar-refractivity contribution in [2.75, 3.05) is 5.32 Å². The van der Waals surface area contributed by atoms with Gasteiger partial charge in [-0.3, -0.25) is 0 Å². The predicted molar refractivity (Wildman–Crippen MR) is 63.1 cm³/mol. The maximum Gasteiger partial charge on any atom is 0.122 e. The fraction of sp³-hybridized carbons (Fsp3) is 0.231. The Hall–Kier alpha value is -1.74. The summed E-state index contributed by atoms with van der Waals surface area (Å²) < 4.78 is 5.24. The summed E-state index contributed by atoms with van der Waals surface area (Å²) in [6.45, 7) is 2.75.